The molecule has 1 aromatic rings. The topological polar surface area (TPSA) is 15.7 Å². The number of ether oxygens (including phenoxy) is 1. The molecule has 1 aliphatic heterocycles. The highest BCUT2D eigenvalue weighted by Gasteiger charge is 2.32. The van der Waals surface area contributed by atoms with E-state index in [0.29, 0.717) is 0 Å². The number of hydrogen-bond donors (Lipinski definition) is 1. The van der Waals surface area contributed by atoms with Gasteiger partial charge in [0.15, 0.2) is 0 Å². The van der Waals surface area contributed by atoms with E-state index in [2.05, 4.69) is 56.8 Å². The molecule has 0 radical (unpaired) electrons. The summed E-state index contributed by atoms with van der Waals surface area (Å²) >= 11 is 4.61. The normalized spacial score (nSPS) is 20.2. The second-order valence-electron chi connectivity index (χ2n) is 5.71. The van der Waals surface area contributed by atoms with Gasteiger partial charge in [-0.2, -0.15) is 4.41 Å². The Morgan fingerprint density at radius 1 is 1.20 bits per heavy atom. The number of hydrazine groups is 1. The first-order valence-corrected chi connectivity index (χ1v) is 7.39. The van der Waals surface area contributed by atoms with Gasteiger partial charge in [-0.05, 0) is 57.4 Å². The van der Waals surface area contributed by atoms with Crippen LogP contribution in [0, 0.1) is 6.92 Å². The molecule has 0 fully saturated rings. The van der Waals surface area contributed by atoms with Gasteiger partial charge in [-0.25, -0.2) is 0 Å². The van der Waals surface area contributed by atoms with Crippen LogP contribution in [-0.4, -0.2) is 22.6 Å². The second-order valence-corrected chi connectivity index (χ2v) is 6.12. The number of hydrogen-bond acceptors (Lipinski definition) is 4. The number of allylic oxidation sites excluding steroid dienone is 1. The molecule has 0 spiro atoms. The SMILES string of the molecule is CC1=C(C)N(C)N(S)C1c1ccc(OC(C)C)c(C)c1. The molecule has 2 rings (SSSR count). The molecule has 110 valence electrons. The van der Waals surface area contributed by atoms with Gasteiger partial charge in [-0.15, -0.1) is 0 Å². The van der Waals surface area contributed by atoms with Crippen LogP contribution < -0.4 is 4.74 Å². The van der Waals surface area contributed by atoms with Crippen molar-refractivity contribution < 1.29 is 4.74 Å². The van der Waals surface area contributed by atoms with Crippen LogP contribution in [0.15, 0.2) is 29.5 Å². The Morgan fingerprint density at radius 3 is 2.30 bits per heavy atom. The Morgan fingerprint density at radius 2 is 1.85 bits per heavy atom. The first-order valence-electron chi connectivity index (χ1n) is 6.99. The number of thiol groups is 1. The van der Waals surface area contributed by atoms with Crippen molar-refractivity contribution in [3.63, 3.8) is 0 Å². The average Bonchev–Trinajstić information content (AvgIpc) is 2.56. The van der Waals surface area contributed by atoms with E-state index in [4.69, 9.17) is 4.74 Å². The molecular weight excluding hydrogens is 268 g/mol. The number of nitrogens with zero attached hydrogens (tertiary/aromatic N) is 2. The van der Waals surface area contributed by atoms with E-state index in [1.807, 2.05) is 25.3 Å². The Hall–Kier alpha value is -1.13. The molecular formula is C16H24N2OS. The van der Waals surface area contributed by atoms with Crippen molar-refractivity contribution in [3.8, 4) is 5.75 Å². The van der Waals surface area contributed by atoms with E-state index in [1.54, 1.807) is 0 Å². The van der Waals surface area contributed by atoms with Crippen LogP contribution in [0.2, 0.25) is 0 Å². The molecule has 0 aromatic heterocycles. The minimum atomic E-state index is 0.190. The van der Waals surface area contributed by atoms with E-state index >= 15 is 0 Å². The summed E-state index contributed by atoms with van der Waals surface area (Å²) in [4.78, 5) is 0. The molecule has 3 nitrogen and oxygen atoms in total. The van der Waals surface area contributed by atoms with E-state index in [1.165, 1.54) is 16.8 Å². The lowest BCUT2D eigenvalue weighted by Gasteiger charge is -2.27. The molecule has 1 aliphatic rings. The minimum Gasteiger partial charge on any atom is -0.491 e. The standard InChI is InChI=1S/C16H24N2OS/c1-10(2)19-15-8-7-14(9-11(15)3)16-12(4)13(5)17(6)18(16)20/h7-10,16,20H,1-6H3. The van der Waals surface area contributed by atoms with Crippen LogP contribution in [0.4, 0.5) is 0 Å². The van der Waals surface area contributed by atoms with Crippen LogP contribution in [-0.2, 0) is 0 Å². The number of rotatable bonds is 3. The molecule has 0 amide bonds. The van der Waals surface area contributed by atoms with Crippen molar-refractivity contribution in [2.45, 2.75) is 46.8 Å². The van der Waals surface area contributed by atoms with Crippen molar-refractivity contribution >= 4 is 12.8 Å². The summed E-state index contributed by atoms with van der Waals surface area (Å²) in [6, 6.07) is 6.58. The van der Waals surface area contributed by atoms with Gasteiger partial charge in [-0.1, -0.05) is 24.9 Å². The Balaban J connectivity index is 2.33. The average molecular weight is 292 g/mol. The van der Waals surface area contributed by atoms with Gasteiger partial charge in [0.25, 0.3) is 0 Å². The van der Waals surface area contributed by atoms with Crippen LogP contribution in [0.3, 0.4) is 0 Å². The summed E-state index contributed by atoms with van der Waals surface area (Å²) in [5, 5.41) is 2.08. The lowest BCUT2D eigenvalue weighted by molar-refractivity contribution is 0.157. The van der Waals surface area contributed by atoms with Crippen LogP contribution >= 0.6 is 12.8 Å². The molecule has 1 aromatic carbocycles. The molecule has 0 N–H and O–H groups in total. The highest BCUT2D eigenvalue weighted by atomic mass is 32.1. The minimum absolute atomic E-state index is 0.190. The van der Waals surface area contributed by atoms with Crippen molar-refractivity contribution in [3.05, 3.63) is 40.6 Å². The predicted molar refractivity (Wildman–Crippen MR) is 86.6 cm³/mol. The second kappa shape index (κ2) is 5.70. The zero-order chi connectivity index (χ0) is 15.0. The van der Waals surface area contributed by atoms with E-state index in [9.17, 15) is 0 Å². The summed E-state index contributed by atoms with van der Waals surface area (Å²) in [5.41, 5.74) is 5.00. The number of aryl methyl sites for hydroxylation is 1. The van der Waals surface area contributed by atoms with Crippen molar-refractivity contribution in [1.82, 2.24) is 9.42 Å². The van der Waals surface area contributed by atoms with Crippen LogP contribution in [0.25, 0.3) is 0 Å². The molecule has 1 heterocycles. The van der Waals surface area contributed by atoms with Crippen LogP contribution in [0.5, 0.6) is 5.75 Å². The Bertz CT molecular complexity index is 539. The zero-order valence-corrected chi connectivity index (χ0v) is 14.0. The largest absolute Gasteiger partial charge is 0.491 e. The molecule has 0 bridgehead atoms. The third kappa shape index (κ3) is 2.67. The fourth-order valence-electron chi connectivity index (χ4n) is 2.57. The smallest absolute Gasteiger partial charge is 0.122 e. The third-order valence-electron chi connectivity index (χ3n) is 3.88. The third-order valence-corrected chi connectivity index (χ3v) is 4.38. The molecule has 1 atom stereocenters. The van der Waals surface area contributed by atoms with E-state index in [0.717, 1.165) is 11.3 Å². The first-order chi connectivity index (χ1) is 9.32. The fraction of sp³-hybridized carbons (Fsp3) is 0.500. The Labute approximate surface area is 127 Å². The predicted octanol–water partition coefficient (Wildman–Crippen LogP) is 4.12. The van der Waals surface area contributed by atoms with Gasteiger partial charge in [0, 0.05) is 12.7 Å². The van der Waals surface area contributed by atoms with Gasteiger partial charge >= 0.3 is 0 Å². The lowest BCUT2D eigenvalue weighted by atomic mass is 9.98. The van der Waals surface area contributed by atoms with Gasteiger partial charge in [0.05, 0.1) is 12.1 Å². The van der Waals surface area contributed by atoms with Gasteiger partial charge in [0.2, 0.25) is 0 Å². The molecule has 0 saturated carbocycles. The van der Waals surface area contributed by atoms with Crippen molar-refractivity contribution in [2.24, 2.45) is 0 Å². The lowest BCUT2D eigenvalue weighted by Crippen LogP contribution is -2.27. The summed E-state index contributed by atoms with van der Waals surface area (Å²) in [7, 11) is 2.04. The molecule has 4 heteroatoms. The monoisotopic (exact) mass is 292 g/mol. The fourth-order valence-corrected chi connectivity index (χ4v) is 3.01. The van der Waals surface area contributed by atoms with Crippen molar-refractivity contribution in [1.29, 1.82) is 0 Å². The van der Waals surface area contributed by atoms with E-state index < -0.39 is 0 Å². The van der Waals surface area contributed by atoms with E-state index in [-0.39, 0.29) is 12.1 Å². The molecule has 1 unspecified atom stereocenters. The van der Waals surface area contributed by atoms with Crippen molar-refractivity contribution in [2.75, 3.05) is 7.05 Å². The highest BCUT2D eigenvalue weighted by molar-refractivity contribution is 7.77. The first kappa shape index (κ1) is 15.3. The molecule has 20 heavy (non-hydrogen) atoms. The quantitative estimate of drug-likeness (QED) is 0.844. The Kier molecular flexibility index (Phi) is 4.35. The summed E-state index contributed by atoms with van der Waals surface area (Å²) < 4.78 is 7.78. The maximum absolute atomic E-state index is 5.80. The maximum atomic E-state index is 5.80. The summed E-state index contributed by atoms with van der Waals surface area (Å²) in [5.74, 6) is 0.958. The molecule has 0 saturated heterocycles. The maximum Gasteiger partial charge on any atom is 0.122 e. The van der Waals surface area contributed by atoms with Gasteiger partial charge < -0.3 is 9.75 Å². The highest BCUT2D eigenvalue weighted by Crippen LogP contribution is 2.40. The van der Waals surface area contributed by atoms with Gasteiger partial charge in [-0.3, -0.25) is 0 Å². The zero-order valence-electron chi connectivity index (χ0n) is 13.1. The van der Waals surface area contributed by atoms with Crippen LogP contribution in [0.1, 0.15) is 44.9 Å². The molecule has 0 aliphatic carbocycles. The summed E-state index contributed by atoms with van der Waals surface area (Å²) in [6.07, 6.45) is 0.197. The summed E-state index contributed by atoms with van der Waals surface area (Å²) in [6.45, 7) is 10.5. The van der Waals surface area contributed by atoms with Gasteiger partial charge in [0.1, 0.15) is 5.75 Å². The number of benzene rings is 1.